The SMILES string of the molecule is Cc1cc(=O)[nH]c(N/N=C/c2c(-c3ccccc3)nc3sccn23)n1. The quantitative estimate of drug-likeness (QED) is 0.438. The molecule has 0 saturated heterocycles. The van der Waals surface area contributed by atoms with Crippen LogP contribution in [0.1, 0.15) is 11.4 Å². The van der Waals surface area contributed by atoms with Gasteiger partial charge in [-0.3, -0.25) is 14.2 Å². The van der Waals surface area contributed by atoms with Gasteiger partial charge in [0.2, 0.25) is 5.95 Å². The molecule has 3 heterocycles. The number of aryl methyl sites for hydroxylation is 1. The molecule has 0 aliphatic rings. The molecule has 3 aromatic heterocycles. The lowest BCUT2D eigenvalue weighted by molar-refractivity contribution is 1.04. The largest absolute Gasteiger partial charge is 0.291 e. The summed E-state index contributed by atoms with van der Waals surface area (Å²) in [6, 6.07) is 11.4. The van der Waals surface area contributed by atoms with Crippen molar-refractivity contribution in [3.05, 3.63) is 69.7 Å². The van der Waals surface area contributed by atoms with Gasteiger partial charge in [-0.15, -0.1) is 11.3 Å². The Bertz CT molecular complexity index is 1110. The molecule has 25 heavy (non-hydrogen) atoms. The molecule has 2 N–H and O–H groups in total. The summed E-state index contributed by atoms with van der Waals surface area (Å²) in [6.07, 6.45) is 3.63. The summed E-state index contributed by atoms with van der Waals surface area (Å²) >= 11 is 1.56. The number of nitrogens with zero attached hydrogens (tertiary/aromatic N) is 4. The van der Waals surface area contributed by atoms with Crippen LogP contribution in [0.15, 0.2) is 57.9 Å². The molecule has 4 aromatic rings. The molecular formula is C17H14N6OS. The Morgan fingerprint density at radius 2 is 2.12 bits per heavy atom. The van der Waals surface area contributed by atoms with E-state index in [1.54, 1.807) is 24.5 Å². The van der Waals surface area contributed by atoms with Crippen molar-refractivity contribution < 1.29 is 0 Å². The maximum atomic E-state index is 11.5. The van der Waals surface area contributed by atoms with Gasteiger partial charge in [0.1, 0.15) is 0 Å². The van der Waals surface area contributed by atoms with Gasteiger partial charge in [-0.2, -0.15) is 5.10 Å². The fraction of sp³-hybridized carbons (Fsp3) is 0.0588. The Balaban J connectivity index is 1.70. The molecule has 0 aliphatic heterocycles. The predicted molar refractivity (Wildman–Crippen MR) is 99.3 cm³/mol. The fourth-order valence-corrected chi connectivity index (χ4v) is 3.24. The van der Waals surface area contributed by atoms with Crippen LogP contribution in [-0.2, 0) is 0 Å². The monoisotopic (exact) mass is 350 g/mol. The number of aromatic amines is 1. The van der Waals surface area contributed by atoms with Crippen molar-refractivity contribution in [1.82, 2.24) is 19.4 Å². The van der Waals surface area contributed by atoms with E-state index >= 15 is 0 Å². The second-order valence-electron chi connectivity index (χ2n) is 5.37. The highest BCUT2D eigenvalue weighted by Gasteiger charge is 2.13. The maximum Gasteiger partial charge on any atom is 0.252 e. The van der Waals surface area contributed by atoms with Crippen LogP contribution in [0.25, 0.3) is 16.2 Å². The standard InChI is InChI=1S/C17H14N6OS/c1-11-9-14(24)20-16(19-11)22-18-10-13-15(12-5-3-2-4-6-12)21-17-23(13)7-8-25-17/h2-10H,1H3,(H2,19,20,22,24)/b18-10+. The van der Waals surface area contributed by atoms with Crippen molar-refractivity contribution in [2.75, 3.05) is 5.43 Å². The van der Waals surface area contributed by atoms with Gasteiger partial charge in [0, 0.05) is 28.9 Å². The third kappa shape index (κ3) is 3.07. The Labute approximate surface area is 146 Å². The molecule has 0 aliphatic carbocycles. The molecule has 4 rings (SSSR count). The summed E-state index contributed by atoms with van der Waals surface area (Å²) in [5, 5.41) is 6.19. The van der Waals surface area contributed by atoms with Gasteiger partial charge in [0.05, 0.1) is 17.6 Å². The molecule has 0 saturated carbocycles. The number of hydrogen-bond acceptors (Lipinski definition) is 6. The van der Waals surface area contributed by atoms with Gasteiger partial charge < -0.3 is 0 Å². The Morgan fingerprint density at radius 1 is 1.28 bits per heavy atom. The summed E-state index contributed by atoms with van der Waals surface area (Å²) in [7, 11) is 0. The van der Waals surface area contributed by atoms with Crippen LogP contribution in [0, 0.1) is 6.92 Å². The molecule has 8 heteroatoms. The number of hydrazone groups is 1. The summed E-state index contributed by atoms with van der Waals surface area (Å²) in [5.74, 6) is 0.300. The van der Waals surface area contributed by atoms with Crippen molar-refractivity contribution in [2.24, 2.45) is 5.10 Å². The maximum absolute atomic E-state index is 11.5. The number of aromatic nitrogens is 4. The number of nitrogens with one attached hydrogen (secondary N) is 2. The van der Waals surface area contributed by atoms with Crippen LogP contribution in [0.2, 0.25) is 0 Å². The number of rotatable bonds is 4. The van der Waals surface area contributed by atoms with Crippen LogP contribution in [0.3, 0.4) is 0 Å². The first-order valence-electron chi connectivity index (χ1n) is 7.59. The van der Waals surface area contributed by atoms with Gasteiger partial charge in [0.25, 0.3) is 5.56 Å². The average Bonchev–Trinajstić information content (AvgIpc) is 3.17. The Morgan fingerprint density at radius 3 is 2.92 bits per heavy atom. The minimum Gasteiger partial charge on any atom is -0.291 e. The molecular weight excluding hydrogens is 336 g/mol. The fourth-order valence-electron chi connectivity index (χ4n) is 2.52. The highest BCUT2D eigenvalue weighted by Crippen LogP contribution is 2.25. The number of imidazole rings is 1. The third-order valence-electron chi connectivity index (χ3n) is 3.57. The molecule has 0 atom stereocenters. The first-order valence-corrected chi connectivity index (χ1v) is 8.47. The normalized spacial score (nSPS) is 11.4. The van der Waals surface area contributed by atoms with Crippen LogP contribution >= 0.6 is 11.3 Å². The summed E-state index contributed by atoms with van der Waals surface area (Å²) in [5.41, 5.74) is 5.88. The first kappa shape index (κ1) is 15.3. The number of benzene rings is 1. The lowest BCUT2D eigenvalue weighted by Crippen LogP contribution is -2.10. The van der Waals surface area contributed by atoms with Crippen molar-refractivity contribution in [1.29, 1.82) is 0 Å². The first-order chi connectivity index (χ1) is 12.2. The summed E-state index contributed by atoms with van der Waals surface area (Å²) in [4.78, 5) is 23.8. The minimum atomic E-state index is -0.222. The van der Waals surface area contributed by atoms with E-state index in [1.165, 1.54) is 6.07 Å². The van der Waals surface area contributed by atoms with Crippen molar-refractivity contribution in [2.45, 2.75) is 6.92 Å². The lowest BCUT2D eigenvalue weighted by Gasteiger charge is -2.01. The molecule has 0 radical (unpaired) electrons. The zero-order valence-corrected chi connectivity index (χ0v) is 14.1. The molecule has 1 aromatic carbocycles. The molecule has 0 bridgehead atoms. The number of hydrogen-bond donors (Lipinski definition) is 2. The van der Waals surface area contributed by atoms with Crippen LogP contribution in [-0.4, -0.2) is 25.6 Å². The van der Waals surface area contributed by atoms with E-state index < -0.39 is 0 Å². The molecule has 0 fully saturated rings. The number of anilines is 1. The zero-order valence-electron chi connectivity index (χ0n) is 13.3. The second-order valence-corrected chi connectivity index (χ2v) is 6.25. The van der Waals surface area contributed by atoms with Crippen molar-refractivity contribution in [3.63, 3.8) is 0 Å². The molecule has 7 nitrogen and oxygen atoms in total. The third-order valence-corrected chi connectivity index (χ3v) is 4.33. The van der Waals surface area contributed by atoms with E-state index in [1.807, 2.05) is 46.3 Å². The van der Waals surface area contributed by atoms with Crippen LogP contribution in [0.4, 0.5) is 5.95 Å². The van der Waals surface area contributed by atoms with Crippen LogP contribution in [0.5, 0.6) is 0 Å². The minimum absolute atomic E-state index is 0.222. The van der Waals surface area contributed by atoms with Crippen molar-refractivity contribution >= 4 is 28.5 Å². The van der Waals surface area contributed by atoms with E-state index in [9.17, 15) is 4.79 Å². The summed E-state index contributed by atoms with van der Waals surface area (Å²) < 4.78 is 1.98. The predicted octanol–water partition coefficient (Wildman–Crippen LogP) is 2.90. The average molecular weight is 350 g/mol. The van der Waals surface area contributed by atoms with E-state index in [0.29, 0.717) is 11.6 Å². The van der Waals surface area contributed by atoms with Crippen LogP contribution < -0.4 is 11.0 Å². The highest BCUT2D eigenvalue weighted by molar-refractivity contribution is 7.15. The zero-order chi connectivity index (χ0) is 17.2. The number of fused-ring (bicyclic) bond motifs is 1. The van der Waals surface area contributed by atoms with Gasteiger partial charge in [-0.25, -0.2) is 15.4 Å². The van der Waals surface area contributed by atoms with E-state index in [-0.39, 0.29) is 5.56 Å². The van der Waals surface area contributed by atoms with Gasteiger partial charge in [-0.1, -0.05) is 30.3 Å². The molecule has 0 amide bonds. The van der Waals surface area contributed by atoms with E-state index in [0.717, 1.165) is 21.9 Å². The summed E-state index contributed by atoms with van der Waals surface area (Å²) in [6.45, 7) is 1.75. The molecule has 124 valence electrons. The topological polar surface area (TPSA) is 87.4 Å². The lowest BCUT2D eigenvalue weighted by atomic mass is 10.1. The molecule has 0 unspecified atom stereocenters. The van der Waals surface area contributed by atoms with Gasteiger partial charge in [-0.05, 0) is 6.92 Å². The van der Waals surface area contributed by atoms with Gasteiger partial charge in [0.15, 0.2) is 4.96 Å². The van der Waals surface area contributed by atoms with E-state index in [2.05, 4.69) is 25.5 Å². The second kappa shape index (κ2) is 6.33. The number of thiazole rings is 1. The molecule has 0 spiro atoms. The smallest absolute Gasteiger partial charge is 0.252 e. The Hall–Kier alpha value is -3.26. The van der Waals surface area contributed by atoms with E-state index in [4.69, 9.17) is 0 Å². The number of H-pyrrole nitrogens is 1. The Kier molecular flexibility index (Phi) is 3.87. The highest BCUT2D eigenvalue weighted by atomic mass is 32.1. The van der Waals surface area contributed by atoms with Crippen molar-refractivity contribution in [3.8, 4) is 11.3 Å². The van der Waals surface area contributed by atoms with Gasteiger partial charge >= 0.3 is 0 Å².